The van der Waals surface area contributed by atoms with E-state index in [4.69, 9.17) is 0 Å². The molecule has 1 aliphatic rings. The van der Waals surface area contributed by atoms with Crippen molar-refractivity contribution in [3.05, 3.63) is 59.9 Å². The van der Waals surface area contributed by atoms with Crippen molar-refractivity contribution in [3.8, 4) is 0 Å². The molecule has 0 aliphatic carbocycles. The molecule has 1 saturated heterocycles. The van der Waals surface area contributed by atoms with Crippen molar-refractivity contribution in [1.82, 2.24) is 9.62 Å². The molecule has 31 heavy (non-hydrogen) atoms. The number of anilines is 1. The van der Waals surface area contributed by atoms with Crippen LogP contribution in [0.4, 0.5) is 10.1 Å². The van der Waals surface area contributed by atoms with Crippen molar-refractivity contribution >= 4 is 27.5 Å². The molecule has 0 saturated carbocycles. The van der Waals surface area contributed by atoms with E-state index in [9.17, 15) is 22.4 Å². The maximum Gasteiger partial charge on any atom is 0.243 e. The number of nitrogens with zero attached hydrogens (tertiary/aromatic N) is 1. The summed E-state index contributed by atoms with van der Waals surface area (Å²) in [5.74, 6) is -0.594. The molecule has 2 aromatic carbocycles. The zero-order valence-corrected chi connectivity index (χ0v) is 18.1. The van der Waals surface area contributed by atoms with Crippen LogP contribution in [-0.2, 0) is 26.2 Å². The summed E-state index contributed by atoms with van der Waals surface area (Å²) in [5.41, 5.74) is 1.23. The van der Waals surface area contributed by atoms with Crippen LogP contribution in [0.2, 0.25) is 0 Å². The van der Waals surface area contributed by atoms with E-state index >= 15 is 0 Å². The maximum atomic E-state index is 13.2. The van der Waals surface area contributed by atoms with E-state index in [1.54, 1.807) is 24.3 Å². The summed E-state index contributed by atoms with van der Waals surface area (Å²) < 4.78 is 40.4. The highest BCUT2D eigenvalue weighted by molar-refractivity contribution is 7.89. The lowest BCUT2D eigenvalue weighted by molar-refractivity contribution is -0.122. The smallest absolute Gasteiger partial charge is 0.243 e. The van der Waals surface area contributed by atoms with Crippen molar-refractivity contribution in [3.63, 3.8) is 0 Å². The molecule has 2 N–H and O–H groups in total. The number of halogens is 1. The van der Waals surface area contributed by atoms with Crippen LogP contribution in [0.3, 0.4) is 0 Å². The molecule has 0 aromatic heterocycles. The molecule has 0 spiro atoms. The molecule has 1 fully saturated rings. The van der Waals surface area contributed by atoms with Crippen molar-refractivity contribution < 1.29 is 22.4 Å². The van der Waals surface area contributed by atoms with Crippen LogP contribution in [-0.4, -0.2) is 37.6 Å². The Kier molecular flexibility index (Phi) is 7.40. The van der Waals surface area contributed by atoms with Gasteiger partial charge in [-0.15, -0.1) is 0 Å². The quantitative estimate of drug-likeness (QED) is 0.682. The van der Waals surface area contributed by atoms with Gasteiger partial charge in [0.1, 0.15) is 5.82 Å². The topological polar surface area (TPSA) is 95.6 Å². The van der Waals surface area contributed by atoms with E-state index in [0.717, 1.165) is 0 Å². The number of amides is 2. The number of hydrogen-bond acceptors (Lipinski definition) is 4. The predicted octanol–water partition coefficient (Wildman–Crippen LogP) is 2.89. The van der Waals surface area contributed by atoms with Crippen LogP contribution < -0.4 is 10.6 Å². The SMILES string of the molecule is CC(=O)Nc1ccc(S(=O)(=O)N2CCC(CC(=O)NCc3cccc(F)c3)CC2)cc1. The number of rotatable bonds is 7. The van der Waals surface area contributed by atoms with E-state index in [1.165, 1.54) is 35.5 Å². The largest absolute Gasteiger partial charge is 0.352 e. The standard InChI is InChI=1S/C22H26FN3O4S/c1-16(27)25-20-5-7-21(8-6-20)31(29,30)26-11-9-17(10-12-26)14-22(28)24-15-18-3-2-4-19(23)13-18/h2-8,13,17H,9-12,14-15H2,1H3,(H,24,28)(H,25,27). The summed E-state index contributed by atoms with van der Waals surface area (Å²) in [6.45, 7) is 2.34. The van der Waals surface area contributed by atoms with E-state index in [2.05, 4.69) is 10.6 Å². The molecule has 7 nitrogen and oxygen atoms in total. The Hall–Kier alpha value is -2.78. The maximum absolute atomic E-state index is 13.2. The first-order valence-corrected chi connectivity index (χ1v) is 11.6. The molecule has 2 aromatic rings. The van der Waals surface area contributed by atoms with Gasteiger partial charge in [0.05, 0.1) is 4.90 Å². The number of carbonyl (C=O) groups is 2. The first kappa shape index (κ1) is 22.9. The Morgan fingerprint density at radius 1 is 1.10 bits per heavy atom. The van der Waals surface area contributed by atoms with Gasteiger partial charge in [0.2, 0.25) is 21.8 Å². The highest BCUT2D eigenvalue weighted by Crippen LogP contribution is 2.26. The zero-order valence-electron chi connectivity index (χ0n) is 17.3. The van der Waals surface area contributed by atoms with Gasteiger partial charge in [-0.2, -0.15) is 4.31 Å². The molecule has 0 radical (unpaired) electrons. The lowest BCUT2D eigenvalue weighted by atomic mass is 9.94. The summed E-state index contributed by atoms with van der Waals surface area (Å²) in [6.07, 6.45) is 1.50. The number of piperidine rings is 1. The summed E-state index contributed by atoms with van der Waals surface area (Å²) in [4.78, 5) is 23.5. The summed E-state index contributed by atoms with van der Waals surface area (Å²) >= 11 is 0. The molecule has 0 unspecified atom stereocenters. The van der Waals surface area contributed by atoms with Crippen LogP contribution in [0.1, 0.15) is 31.7 Å². The van der Waals surface area contributed by atoms with Crippen molar-refractivity contribution in [2.75, 3.05) is 18.4 Å². The van der Waals surface area contributed by atoms with Gasteiger partial charge >= 0.3 is 0 Å². The first-order chi connectivity index (χ1) is 14.7. The van der Waals surface area contributed by atoms with Gasteiger partial charge in [-0.25, -0.2) is 12.8 Å². The second-order valence-corrected chi connectivity index (χ2v) is 9.60. The van der Waals surface area contributed by atoms with Gasteiger partial charge < -0.3 is 10.6 Å². The van der Waals surface area contributed by atoms with Crippen molar-refractivity contribution in [2.45, 2.75) is 37.6 Å². The molecular weight excluding hydrogens is 421 g/mol. The second kappa shape index (κ2) is 10.0. The molecule has 3 rings (SSSR count). The Morgan fingerprint density at radius 2 is 1.77 bits per heavy atom. The van der Waals surface area contributed by atoms with Gasteiger partial charge in [0, 0.05) is 38.7 Å². The van der Waals surface area contributed by atoms with Gasteiger partial charge in [-0.3, -0.25) is 9.59 Å². The van der Waals surface area contributed by atoms with E-state index in [-0.39, 0.29) is 35.0 Å². The summed E-state index contributed by atoms with van der Waals surface area (Å²) in [7, 11) is -3.62. The van der Waals surface area contributed by atoms with Crippen LogP contribution in [0.15, 0.2) is 53.4 Å². The number of sulfonamides is 1. The van der Waals surface area contributed by atoms with Gasteiger partial charge in [-0.1, -0.05) is 12.1 Å². The van der Waals surface area contributed by atoms with Gasteiger partial charge in [0.25, 0.3) is 0 Å². The average molecular weight is 448 g/mol. The highest BCUT2D eigenvalue weighted by Gasteiger charge is 2.30. The van der Waals surface area contributed by atoms with Gasteiger partial charge in [-0.05, 0) is 60.7 Å². The molecular formula is C22H26FN3O4S. The minimum absolute atomic E-state index is 0.0982. The van der Waals surface area contributed by atoms with E-state index in [1.807, 2.05) is 0 Å². The third kappa shape index (κ3) is 6.35. The molecule has 2 amide bonds. The summed E-state index contributed by atoms with van der Waals surface area (Å²) in [6, 6.07) is 12.2. The number of hydrogen-bond donors (Lipinski definition) is 2. The number of carbonyl (C=O) groups excluding carboxylic acids is 2. The zero-order chi connectivity index (χ0) is 22.4. The minimum Gasteiger partial charge on any atom is -0.352 e. The fourth-order valence-electron chi connectivity index (χ4n) is 3.60. The predicted molar refractivity (Wildman–Crippen MR) is 115 cm³/mol. The Balaban J connectivity index is 1.49. The minimum atomic E-state index is -3.62. The van der Waals surface area contributed by atoms with Crippen LogP contribution in [0.25, 0.3) is 0 Å². The van der Waals surface area contributed by atoms with Crippen LogP contribution >= 0.6 is 0 Å². The lowest BCUT2D eigenvalue weighted by Gasteiger charge is -2.31. The van der Waals surface area contributed by atoms with Crippen molar-refractivity contribution in [1.29, 1.82) is 0 Å². The fraction of sp³-hybridized carbons (Fsp3) is 0.364. The first-order valence-electron chi connectivity index (χ1n) is 10.1. The second-order valence-electron chi connectivity index (χ2n) is 7.66. The Bertz CT molecular complexity index is 1030. The van der Waals surface area contributed by atoms with Crippen LogP contribution in [0, 0.1) is 11.7 Å². The highest BCUT2D eigenvalue weighted by atomic mass is 32.2. The number of benzene rings is 2. The Labute approximate surface area is 181 Å². The lowest BCUT2D eigenvalue weighted by Crippen LogP contribution is -2.39. The fourth-order valence-corrected chi connectivity index (χ4v) is 5.07. The van der Waals surface area contributed by atoms with E-state index in [0.29, 0.717) is 43.6 Å². The molecule has 9 heteroatoms. The molecule has 0 bridgehead atoms. The Morgan fingerprint density at radius 3 is 2.39 bits per heavy atom. The normalized spacial score (nSPS) is 15.4. The average Bonchev–Trinajstić information content (AvgIpc) is 2.73. The van der Waals surface area contributed by atoms with Crippen molar-refractivity contribution in [2.24, 2.45) is 5.92 Å². The van der Waals surface area contributed by atoms with Gasteiger partial charge in [0.15, 0.2) is 0 Å². The molecule has 1 heterocycles. The summed E-state index contributed by atoms with van der Waals surface area (Å²) in [5, 5.41) is 5.40. The molecule has 1 aliphatic heterocycles. The molecule has 166 valence electrons. The van der Waals surface area contributed by atoms with Crippen LogP contribution in [0.5, 0.6) is 0 Å². The molecule has 0 atom stereocenters. The monoisotopic (exact) mass is 447 g/mol. The third-order valence-electron chi connectivity index (χ3n) is 5.24. The number of nitrogens with one attached hydrogen (secondary N) is 2. The third-order valence-corrected chi connectivity index (χ3v) is 7.15. The van der Waals surface area contributed by atoms with E-state index < -0.39 is 10.0 Å².